The first-order chi connectivity index (χ1) is 3.22. The Bertz CT molecular complexity index is 68.6. The molecule has 0 heterocycles. The number of hydrogen-bond donors (Lipinski definition) is 1. The van der Waals surface area contributed by atoms with E-state index in [1.54, 1.807) is 0 Å². The van der Waals surface area contributed by atoms with Crippen molar-refractivity contribution in [2.45, 2.75) is 26.4 Å². The van der Waals surface area contributed by atoms with Gasteiger partial charge in [0.05, 0.1) is 6.10 Å². The molecular weight excluding hydrogens is 88.1 g/mol. The van der Waals surface area contributed by atoms with E-state index < -0.39 is 0 Å². The highest BCUT2D eigenvalue weighted by Gasteiger charge is 2.35. The first-order valence-corrected chi connectivity index (χ1v) is 2.90. The van der Waals surface area contributed by atoms with Crippen LogP contribution in [0.2, 0.25) is 0 Å². The van der Waals surface area contributed by atoms with Gasteiger partial charge in [0.15, 0.2) is 0 Å². The number of aliphatic hydroxyl groups excluding tert-OH is 1. The summed E-state index contributed by atoms with van der Waals surface area (Å²) in [6.07, 6.45) is 1.17. The van der Waals surface area contributed by atoms with Gasteiger partial charge in [0.1, 0.15) is 0 Å². The minimum atomic E-state index is -0.0602. The molecule has 0 spiro atoms. The molecule has 1 heteroatoms. The lowest BCUT2D eigenvalue weighted by Crippen LogP contribution is -2.02. The van der Waals surface area contributed by atoms with E-state index in [0.717, 1.165) is 5.92 Å². The Hall–Kier alpha value is -0.0400. The van der Waals surface area contributed by atoms with Gasteiger partial charge in [-0.2, -0.15) is 0 Å². The maximum atomic E-state index is 8.86. The molecule has 1 aliphatic carbocycles. The molecule has 42 valence electrons. The van der Waals surface area contributed by atoms with Crippen molar-refractivity contribution in [2.75, 3.05) is 0 Å². The molecule has 0 radical (unpaired) electrons. The lowest BCUT2D eigenvalue weighted by Gasteiger charge is -1.96. The van der Waals surface area contributed by atoms with Crippen LogP contribution >= 0.6 is 0 Å². The molecule has 0 saturated heterocycles. The summed E-state index contributed by atoms with van der Waals surface area (Å²) in [7, 11) is 0. The van der Waals surface area contributed by atoms with Crippen LogP contribution in [0, 0.1) is 11.8 Å². The molecule has 3 atom stereocenters. The van der Waals surface area contributed by atoms with Crippen LogP contribution in [0.25, 0.3) is 0 Å². The van der Waals surface area contributed by atoms with E-state index in [0.29, 0.717) is 5.92 Å². The van der Waals surface area contributed by atoms with Gasteiger partial charge in [-0.1, -0.05) is 6.92 Å². The highest BCUT2D eigenvalue weighted by atomic mass is 16.3. The number of hydrogen-bond acceptors (Lipinski definition) is 1. The molecule has 0 bridgehead atoms. The molecule has 7 heavy (non-hydrogen) atoms. The maximum absolute atomic E-state index is 8.86. The zero-order valence-corrected chi connectivity index (χ0v) is 4.89. The van der Waals surface area contributed by atoms with Gasteiger partial charge in [-0.15, -0.1) is 0 Å². The Labute approximate surface area is 44.4 Å². The molecule has 1 aliphatic rings. The van der Waals surface area contributed by atoms with Crippen LogP contribution in [0.5, 0.6) is 0 Å². The Morgan fingerprint density at radius 2 is 2.14 bits per heavy atom. The predicted octanol–water partition coefficient (Wildman–Crippen LogP) is 1.02. The summed E-state index contributed by atoms with van der Waals surface area (Å²) in [5.41, 5.74) is 0. The molecule has 0 aromatic rings. The summed E-state index contributed by atoms with van der Waals surface area (Å²) in [4.78, 5) is 0. The van der Waals surface area contributed by atoms with E-state index in [2.05, 4.69) is 6.92 Å². The van der Waals surface area contributed by atoms with E-state index in [9.17, 15) is 0 Å². The zero-order chi connectivity index (χ0) is 5.44. The molecule has 0 amide bonds. The topological polar surface area (TPSA) is 20.2 Å². The second kappa shape index (κ2) is 1.48. The van der Waals surface area contributed by atoms with Crippen molar-refractivity contribution in [1.82, 2.24) is 0 Å². The Morgan fingerprint density at radius 3 is 2.14 bits per heavy atom. The lowest BCUT2D eigenvalue weighted by atomic mass is 10.2. The third kappa shape index (κ3) is 0.942. The first kappa shape index (κ1) is 5.10. The van der Waals surface area contributed by atoms with Crippen LogP contribution in [0.3, 0.4) is 0 Å². The van der Waals surface area contributed by atoms with Crippen LogP contribution in [0.4, 0.5) is 0 Å². The summed E-state index contributed by atoms with van der Waals surface area (Å²) < 4.78 is 0. The van der Waals surface area contributed by atoms with Crippen molar-refractivity contribution < 1.29 is 5.11 Å². The fourth-order valence-electron chi connectivity index (χ4n) is 1.02. The smallest absolute Gasteiger partial charge is 0.0542 e. The van der Waals surface area contributed by atoms with Gasteiger partial charge in [0, 0.05) is 0 Å². The van der Waals surface area contributed by atoms with Crippen LogP contribution in [-0.4, -0.2) is 11.2 Å². The molecule has 1 fully saturated rings. The summed E-state index contributed by atoms with van der Waals surface area (Å²) in [5.74, 6) is 1.42. The van der Waals surface area contributed by atoms with E-state index >= 15 is 0 Å². The molecule has 0 aromatic carbocycles. The molecular formula is C6H12O. The molecule has 0 aromatic heterocycles. The maximum Gasteiger partial charge on any atom is 0.0542 e. The van der Waals surface area contributed by atoms with Crippen molar-refractivity contribution in [3.63, 3.8) is 0 Å². The van der Waals surface area contributed by atoms with E-state index in [1.165, 1.54) is 6.42 Å². The molecule has 1 nitrogen and oxygen atoms in total. The summed E-state index contributed by atoms with van der Waals surface area (Å²) >= 11 is 0. The van der Waals surface area contributed by atoms with Crippen molar-refractivity contribution in [3.05, 3.63) is 0 Å². The van der Waals surface area contributed by atoms with Gasteiger partial charge < -0.3 is 5.11 Å². The van der Waals surface area contributed by atoms with Crippen LogP contribution < -0.4 is 0 Å². The third-order valence-electron chi connectivity index (χ3n) is 1.79. The van der Waals surface area contributed by atoms with Gasteiger partial charge in [-0.25, -0.2) is 0 Å². The Balaban J connectivity index is 2.20. The molecule has 0 aliphatic heterocycles. The first-order valence-electron chi connectivity index (χ1n) is 2.90. The van der Waals surface area contributed by atoms with Crippen molar-refractivity contribution in [1.29, 1.82) is 0 Å². The second-order valence-corrected chi connectivity index (χ2v) is 2.62. The quantitative estimate of drug-likeness (QED) is 0.521. The monoisotopic (exact) mass is 100 g/mol. The van der Waals surface area contributed by atoms with Gasteiger partial charge in [0.25, 0.3) is 0 Å². The van der Waals surface area contributed by atoms with Crippen LogP contribution in [-0.2, 0) is 0 Å². The number of rotatable bonds is 1. The van der Waals surface area contributed by atoms with Crippen molar-refractivity contribution >= 4 is 0 Å². The normalized spacial score (nSPS) is 43.3. The third-order valence-corrected chi connectivity index (χ3v) is 1.79. The molecule has 1 saturated carbocycles. The molecule has 1 N–H and O–H groups in total. The summed E-state index contributed by atoms with van der Waals surface area (Å²) in [6.45, 7) is 4.05. The second-order valence-electron chi connectivity index (χ2n) is 2.62. The average Bonchev–Trinajstić information content (AvgIpc) is 2.17. The lowest BCUT2D eigenvalue weighted by molar-refractivity contribution is 0.165. The SMILES string of the molecule is CC(O)C1C[C@H]1C. The summed E-state index contributed by atoms with van der Waals surface area (Å²) in [5, 5.41) is 8.86. The highest BCUT2D eigenvalue weighted by Crippen LogP contribution is 2.40. The van der Waals surface area contributed by atoms with Crippen molar-refractivity contribution in [2.24, 2.45) is 11.8 Å². The van der Waals surface area contributed by atoms with E-state index in [-0.39, 0.29) is 6.10 Å². The summed E-state index contributed by atoms with van der Waals surface area (Å²) in [6, 6.07) is 0. The van der Waals surface area contributed by atoms with Gasteiger partial charge >= 0.3 is 0 Å². The van der Waals surface area contributed by atoms with Crippen LogP contribution in [0.15, 0.2) is 0 Å². The Kier molecular flexibility index (Phi) is 1.08. The zero-order valence-electron chi connectivity index (χ0n) is 4.89. The Morgan fingerprint density at radius 1 is 1.71 bits per heavy atom. The fraction of sp³-hybridized carbons (Fsp3) is 1.00. The molecule has 2 unspecified atom stereocenters. The standard InChI is InChI=1S/C6H12O/c1-4-3-6(4)5(2)7/h4-7H,3H2,1-2H3/t4-,5?,6?/m1/s1. The number of aliphatic hydroxyl groups is 1. The van der Waals surface area contributed by atoms with Crippen LogP contribution in [0.1, 0.15) is 20.3 Å². The predicted molar refractivity (Wildman–Crippen MR) is 29.0 cm³/mol. The van der Waals surface area contributed by atoms with Gasteiger partial charge in [-0.3, -0.25) is 0 Å². The van der Waals surface area contributed by atoms with Crippen molar-refractivity contribution in [3.8, 4) is 0 Å². The fourth-order valence-corrected chi connectivity index (χ4v) is 1.02. The average molecular weight is 100 g/mol. The van der Waals surface area contributed by atoms with E-state index in [4.69, 9.17) is 5.11 Å². The minimum absolute atomic E-state index is 0.0602. The molecule has 1 rings (SSSR count). The minimum Gasteiger partial charge on any atom is -0.393 e. The van der Waals surface area contributed by atoms with Gasteiger partial charge in [-0.05, 0) is 25.2 Å². The van der Waals surface area contributed by atoms with Gasteiger partial charge in [0.2, 0.25) is 0 Å². The highest BCUT2D eigenvalue weighted by molar-refractivity contribution is 4.85. The largest absolute Gasteiger partial charge is 0.393 e. The van der Waals surface area contributed by atoms with E-state index in [1.807, 2.05) is 6.92 Å².